The molecule has 2 aliphatic rings. The number of alkyl halides is 3. The highest BCUT2D eigenvalue weighted by molar-refractivity contribution is 6.03. The van der Waals surface area contributed by atoms with Crippen LogP contribution in [0.2, 0.25) is 0 Å². The average molecular weight is 474 g/mol. The highest BCUT2D eigenvalue weighted by Crippen LogP contribution is 2.41. The van der Waals surface area contributed by atoms with E-state index in [2.05, 4.69) is 20.5 Å². The summed E-state index contributed by atoms with van der Waals surface area (Å²) in [6.07, 6.45) is 2.32. The molecular formula is C22H25F3N8O. The number of nitrogens with zero attached hydrogens (tertiary/aromatic N) is 7. The molecule has 1 aliphatic heterocycles. The molecule has 0 aromatic carbocycles. The second kappa shape index (κ2) is 8.10. The second-order valence-electron chi connectivity index (χ2n) is 8.99. The molecule has 12 heteroatoms. The first-order valence-electron chi connectivity index (χ1n) is 11.1. The summed E-state index contributed by atoms with van der Waals surface area (Å²) in [5.74, 6) is 1.78. The summed E-state index contributed by atoms with van der Waals surface area (Å²) in [6.45, 7) is 2.04. The van der Waals surface area contributed by atoms with Gasteiger partial charge in [-0.05, 0) is 43.7 Å². The molecule has 1 saturated carbocycles. The lowest BCUT2D eigenvalue weighted by Crippen LogP contribution is -2.48. The van der Waals surface area contributed by atoms with Crippen molar-refractivity contribution in [3.05, 3.63) is 46.9 Å². The van der Waals surface area contributed by atoms with Crippen LogP contribution in [0.1, 0.15) is 41.3 Å². The Bertz CT molecular complexity index is 1240. The van der Waals surface area contributed by atoms with Gasteiger partial charge in [-0.1, -0.05) is 0 Å². The lowest BCUT2D eigenvalue weighted by atomic mass is 10.1. The van der Waals surface area contributed by atoms with Crippen LogP contribution in [-0.2, 0) is 37.4 Å². The van der Waals surface area contributed by atoms with E-state index in [1.807, 2.05) is 18.9 Å². The Labute approximate surface area is 194 Å². The van der Waals surface area contributed by atoms with Gasteiger partial charge in [0.15, 0.2) is 11.5 Å². The number of halogens is 3. The summed E-state index contributed by atoms with van der Waals surface area (Å²) < 4.78 is 41.5. The Balaban J connectivity index is 1.27. The van der Waals surface area contributed by atoms with E-state index >= 15 is 0 Å². The van der Waals surface area contributed by atoms with E-state index in [0.717, 1.165) is 36.0 Å². The molecule has 9 nitrogen and oxygen atoms in total. The highest BCUT2D eigenvalue weighted by atomic mass is 19.4. The third-order valence-corrected chi connectivity index (χ3v) is 6.37. The molecule has 1 atom stereocenters. The molecule has 0 saturated heterocycles. The molecule has 4 heterocycles. The normalized spacial score (nSPS) is 18.2. The predicted molar refractivity (Wildman–Crippen MR) is 117 cm³/mol. The van der Waals surface area contributed by atoms with Crippen molar-refractivity contribution >= 4 is 17.4 Å². The molecule has 0 bridgehead atoms. The van der Waals surface area contributed by atoms with Crippen molar-refractivity contribution in [2.45, 2.75) is 51.4 Å². The summed E-state index contributed by atoms with van der Waals surface area (Å²) >= 11 is 0. The largest absolute Gasteiger partial charge is 0.435 e. The van der Waals surface area contributed by atoms with Crippen molar-refractivity contribution in [2.24, 2.45) is 13.0 Å². The molecule has 3 aromatic rings. The zero-order valence-electron chi connectivity index (χ0n) is 19.1. The Morgan fingerprint density at radius 1 is 1.18 bits per heavy atom. The number of likely N-dealkylation sites (N-methyl/N-ethyl adjacent to an activating group) is 1. The van der Waals surface area contributed by atoms with Crippen molar-refractivity contribution in [3.63, 3.8) is 0 Å². The van der Waals surface area contributed by atoms with Gasteiger partial charge in [0.25, 0.3) is 0 Å². The van der Waals surface area contributed by atoms with Gasteiger partial charge in [-0.3, -0.25) is 14.2 Å². The first kappa shape index (κ1) is 22.4. The average Bonchev–Trinajstić information content (AvgIpc) is 3.37. The maximum absolute atomic E-state index is 12.9. The Hall–Kier alpha value is -3.44. The van der Waals surface area contributed by atoms with E-state index < -0.39 is 11.9 Å². The minimum atomic E-state index is -4.48. The smallest absolute Gasteiger partial charge is 0.346 e. The summed E-state index contributed by atoms with van der Waals surface area (Å²) in [4.78, 5) is 23.8. The van der Waals surface area contributed by atoms with Crippen LogP contribution in [0, 0.1) is 12.8 Å². The van der Waals surface area contributed by atoms with Crippen LogP contribution in [0.15, 0.2) is 18.5 Å². The third-order valence-electron chi connectivity index (χ3n) is 6.37. The van der Waals surface area contributed by atoms with Gasteiger partial charge < -0.3 is 10.2 Å². The van der Waals surface area contributed by atoms with E-state index in [4.69, 9.17) is 4.98 Å². The number of aryl methyl sites for hydroxylation is 4. The van der Waals surface area contributed by atoms with E-state index in [9.17, 15) is 18.0 Å². The van der Waals surface area contributed by atoms with Crippen LogP contribution in [0.25, 0.3) is 0 Å². The number of aromatic nitrogens is 6. The number of hydrogen-bond acceptors (Lipinski definition) is 6. The van der Waals surface area contributed by atoms with Crippen LogP contribution in [0.3, 0.4) is 0 Å². The van der Waals surface area contributed by atoms with Crippen LogP contribution >= 0.6 is 0 Å². The molecular weight excluding hydrogens is 449 g/mol. The highest BCUT2D eigenvalue weighted by Gasteiger charge is 2.43. The Kier molecular flexibility index (Phi) is 5.33. The number of nitrogens with one attached hydrogen (secondary N) is 1. The summed E-state index contributed by atoms with van der Waals surface area (Å²) in [5, 5.41) is 10.8. The van der Waals surface area contributed by atoms with Gasteiger partial charge >= 0.3 is 6.18 Å². The van der Waals surface area contributed by atoms with E-state index in [0.29, 0.717) is 36.0 Å². The lowest BCUT2D eigenvalue weighted by molar-refractivity contribution is -0.141. The number of rotatable bonds is 6. The number of fused-ring (bicyclic) bond motifs is 1. The van der Waals surface area contributed by atoms with E-state index in [-0.39, 0.29) is 18.5 Å². The molecule has 5 rings (SSSR count). The van der Waals surface area contributed by atoms with E-state index in [1.165, 1.54) is 11.7 Å². The van der Waals surface area contributed by atoms with Gasteiger partial charge in [-0.25, -0.2) is 9.97 Å². The third kappa shape index (κ3) is 4.24. The molecule has 0 spiro atoms. The number of amides is 1. The first-order chi connectivity index (χ1) is 16.1. The number of carbonyl (C=O) groups is 1. The Morgan fingerprint density at radius 2 is 1.94 bits per heavy atom. The van der Waals surface area contributed by atoms with Crippen LogP contribution in [-0.4, -0.2) is 48.5 Å². The number of anilines is 2. The topological polar surface area (TPSA) is 93.8 Å². The van der Waals surface area contributed by atoms with Crippen LogP contribution in [0.5, 0.6) is 0 Å². The molecule has 0 unspecified atom stereocenters. The van der Waals surface area contributed by atoms with Gasteiger partial charge in [-0.2, -0.15) is 23.4 Å². The first-order valence-corrected chi connectivity index (χ1v) is 11.1. The fourth-order valence-corrected chi connectivity index (χ4v) is 4.41. The summed E-state index contributed by atoms with van der Waals surface area (Å²) in [5.41, 5.74) is 1.81. The molecule has 180 valence electrons. The molecule has 3 aromatic heterocycles. The van der Waals surface area contributed by atoms with Crippen molar-refractivity contribution < 1.29 is 18.0 Å². The number of hydrogen-bond donors (Lipinski definition) is 1. The van der Waals surface area contributed by atoms with Crippen molar-refractivity contribution in [1.82, 2.24) is 29.5 Å². The van der Waals surface area contributed by atoms with Crippen molar-refractivity contribution in [1.29, 1.82) is 0 Å². The molecule has 1 amide bonds. The molecule has 1 aliphatic carbocycles. The molecule has 1 fully saturated rings. The second-order valence-corrected chi connectivity index (χ2v) is 8.99. The van der Waals surface area contributed by atoms with Crippen molar-refractivity contribution in [3.8, 4) is 0 Å². The fourth-order valence-electron chi connectivity index (χ4n) is 4.41. The van der Waals surface area contributed by atoms with Crippen LogP contribution < -0.4 is 10.2 Å². The minimum Gasteiger partial charge on any atom is -0.346 e. The van der Waals surface area contributed by atoms with Crippen LogP contribution in [0.4, 0.5) is 24.7 Å². The van der Waals surface area contributed by atoms with Gasteiger partial charge in [0.2, 0.25) is 5.91 Å². The van der Waals surface area contributed by atoms with E-state index in [1.54, 1.807) is 17.1 Å². The lowest BCUT2D eigenvalue weighted by Gasteiger charge is -2.35. The van der Waals surface area contributed by atoms with Gasteiger partial charge in [-0.15, -0.1) is 0 Å². The summed E-state index contributed by atoms with van der Waals surface area (Å²) in [7, 11) is 3.39. The van der Waals surface area contributed by atoms with Gasteiger partial charge in [0.1, 0.15) is 17.6 Å². The fraction of sp³-hybridized carbons (Fsp3) is 0.500. The maximum Gasteiger partial charge on any atom is 0.435 e. The molecule has 0 radical (unpaired) electrons. The molecule has 1 N–H and O–H groups in total. The quantitative estimate of drug-likeness (QED) is 0.591. The zero-order valence-corrected chi connectivity index (χ0v) is 19.1. The predicted octanol–water partition coefficient (Wildman–Crippen LogP) is 2.73. The minimum absolute atomic E-state index is 0.000130. The monoisotopic (exact) mass is 474 g/mol. The number of carbonyl (C=O) groups excluding carboxylic acids is 1. The van der Waals surface area contributed by atoms with Gasteiger partial charge in [0.05, 0.1) is 24.1 Å². The summed E-state index contributed by atoms with van der Waals surface area (Å²) in [6, 6.07) is 0.840. The molecule has 34 heavy (non-hydrogen) atoms. The Morgan fingerprint density at radius 3 is 2.62 bits per heavy atom. The van der Waals surface area contributed by atoms with Gasteiger partial charge in [0, 0.05) is 26.7 Å². The standard InChI is InChI=1S/C22H25F3N8O/c1-12-18-20(31(2)19(14-5-6-14)21(34)29-18)28-17(27-12)7-4-13-9-26-33(10-13)11-15-8-16(22(23,24)25)30-32(15)3/h8-10,14,19H,4-7,11H2,1-3H3,(H,29,34)/t19-/m1/s1. The zero-order chi connectivity index (χ0) is 24.2. The SMILES string of the molecule is Cc1nc(CCc2cnn(Cc3cc(C(F)(F)F)nn3C)c2)nc2c1NC(=O)[C@@H](C1CC1)N2C. The van der Waals surface area contributed by atoms with Crippen molar-refractivity contribution in [2.75, 3.05) is 17.3 Å². The maximum atomic E-state index is 12.9.